The summed E-state index contributed by atoms with van der Waals surface area (Å²) in [7, 11) is 0. The molecule has 7 heteroatoms. The molecular weight excluding hydrogens is 377 g/mol. The van der Waals surface area contributed by atoms with Gasteiger partial charge in [-0.15, -0.1) is 11.3 Å². The zero-order valence-electron chi connectivity index (χ0n) is 14.5. The van der Waals surface area contributed by atoms with E-state index in [-0.39, 0.29) is 11.4 Å². The molecule has 0 atom stereocenters. The summed E-state index contributed by atoms with van der Waals surface area (Å²) < 4.78 is 0. The van der Waals surface area contributed by atoms with Gasteiger partial charge in [-0.1, -0.05) is 29.3 Å². The van der Waals surface area contributed by atoms with Crippen LogP contribution in [0, 0.1) is 0 Å². The highest BCUT2D eigenvalue weighted by Gasteiger charge is 2.33. The van der Waals surface area contributed by atoms with E-state index in [1.165, 1.54) is 11.3 Å². The topological polar surface area (TPSA) is 45.2 Å². The molecule has 1 aliphatic rings. The Morgan fingerprint density at radius 3 is 2.68 bits per heavy atom. The Balaban J connectivity index is 1.68. The largest absolute Gasteiger partial charge is 0.302 e. The number of carbonyl (C=O) groups excluding carboxylic acids is 1. The molecule has 2 aromatic rings. The number of aromatic nitrogens is 1. The molecule has 0 aliphatic heterocycles. The average Bonchev–Trinajstić information content (AvgIpc) is 3.25. The van der Waals surface area contributed by atoms with Gasteiger partial charge in [-0.25, -0.2) is 4.98 Å². The SMILES string of the molecule is CC(=O)N(c1nc(CNC(C)(C)c2ccc(Cl)c(Cl)c2)cs1)C1CC1. The molecule has 3 rings (SSSR count). The lowest BCUT2D eigenvalue weighted by molar-refractivity contribution is -0.116. The van der Waals surface area contributed by atoms with E-state index in [1.54, 1.807) is 6.92 Å². The lowest BCUT2D eigenvalue weighted by Gasteiger charge is -2.27. The van der Waals surface area contributed by atoms with Crippen LogP contribution in [0.2, 0.25) is 10.0 Å². The monoisotopic (exact) mass is 397 g/mol. The van der Waals surface area contributed by atoms with Crippen molar-refractivity contribution in [2.75, 3.05) is 4.90 Å². The van der Waals surface area contributed by atoms with Crippen LogP contribution in [0.25, 0.3) is 0 Å². The molecule has 0 spiro atoms. The van der Waals surface area contributed by atoms with Gasteiger partial charge >= 0.3 is 0 Å². The summed E-state index contributed by atoms with van der Waals surface area (Å²) in [5.41, 5.74) is 1.70. The van der Waals surface area contributed by atoms with E-state index in [1.807, 2.05) is 28.5 Å². The van der Waals surface area contributed by atoms with Crippen molar-refractivity contribution in [2.24, 2.45) is 0 Å². The van der Waals surface area contributed by atoms with Crippen LogP contribution >= 0.6 is 34.5 Å². The van der Waals surface area contributed by atoms with Gasteiger partial charge in [-0.3, -0.25) is 9.69 Å². The summed E-state index contributed by atoms with van der Waals surface area (Å²) in [5.74, 6) is 0.0625. The number of rotatable bonds is 6. The Bertz CT molecular complexity index is 786. The normalized spacial score (nSPS) is 14.6. The first kappa shape index (κ1) is 18.6. The minimum Gasteiger partial charge on any atom is -0.302 e. The van der Waals surface area contributed by atoms with Crippen molar-refractivity contribution in [3.63, 3.8) is 0 Å². The van der Waals surface area contributed by atoms with Crippen LogP contribution in [0.1, 0.15) is 44.9 Å². The minimum atomic E-state index is -0.283. The third-order valence-electron chi connectivity index (χ3n) is 4.35. The van der Waals surface area contributed by atoms with Crippen molar-refractivity contribution in [3.8, 4) is 0 Å². The highest BCUT2D eigenvalue weighted by molar-refractivity contribution is 7.14. The number of anilines is 1. The van der Waals surface area contributed by atoms with Gasteiger partial charge in [0.1, 0.15) is 0 Å². The van der Waals surface area contributed by atoms with Gasteiger partial charge in [0.15, 0.2) is 5.13 Å². The third kappa shape index (κ3) is 4.34. The van der Waals surface area contributed by atoms with E-state index in [2.05, 4.69) is 24.1 Å². The predicted molar refractivity (Wildman–Crippen MR) is 105 cm³/mol. The molecular formula is C18H21Cl2N3OS. The molecule has 1 fully saturated rings. The maximum atomic E-state index is 11.9. The lowest BCUT2D eigenvalue weighted by Crippen LogP contribution is -2.36. The Labute approximate surface area is 162 Å². The van der Waals surface area contributed by atoms with Crippen LogP contribution in [0.15, 0.2) is 23.6 Å². The van der Waals surface area contributed by atoms with E-state index in [0.29, 0.717) is 22.6 Å². The second kappa shape index (κ2) is 7.23. The molecule has 25 heavy (non-hydrogen) atoms. The van der Waals surface area contributed by atoms with Gasteiger partial charge in [-0.05, 0) is 44.4 Å². The standard InChI is InChI=1S/C18H21Cl2N3OS/c1-11(24)23(14-5-6-14)17-22-13(10-25-17)9-21-18(2,3)12-4-7-15(19)16(20)8-12/h4,7-8,10,14,21H,5-6,9H2,1-3H3. The predicted octanol–water partition coefficient (Wildman–Crippen LogP) is 4.99. The zero-order valence-corrected chi connectivity index (χ0v) is 16.8. The number of benzene rings is 1. The molecule has 134 valence electrons. The Morgan fingerprint density at radius 1 is 1.36 bits per heavy atom. The first-order valence-electron chi connectivity index (χ1n) is 8.22. The Kier molecular flexibility index (Phi) is 5.40. The highest BCUT2D eigenvalue weighted by Crippen LogP contribution is 2.34. The molecule has 4 nitrogen and oxygen atoms in total. The van der Waals surface area contributed by atoms with Gasteiger partial charge in [0.05, 0.1) is 15.7 Å². The maximum Gasteiger partial charge on any atom is 0.225 e. The van der Waals surface area contributed by atoms with Crippen molar-refractivity contribution in [1.82, 2.24) is 10.3 Å². The quantitative estimate of drug-likeness (QED) is 0.746. The molecule has 1 saturated carbocycles. The van der Waals surface area contributed by atoms with E-state index < -0.39 is 0 Å². The van der Waals surface area contributed by atoms with E-state index in [4.69, 9.17) is 23.2 Å². The number of hydrogen-bond acceptors (Lipinski definition) is 4. The van der Waals surface area contributed by atoms with Gasteiger partial charge in [-0.2, -0.15) is 0 Å². The van der Waals surface area contributed by atoms with Crippen molar-refractivity contribution in [2.45, 2.75) is 51.7 Å². The molecule has 1 aromatic heterocycles. The molecule has 0 bridgehead atoms. The van der Waals surface area contributed by atoms with Crippen LogP contribution in [-0.2, 0) is 16.9 Å². The summed E-state index contributed by atoms with van der Waals surface area (Å²) in [6, 6.07) is 5.99. The second-order valence-corrected chi connectivity index (χ2v) is 8.50. The molecule has 1 aliphatic carbocycles. The van der Waals surface area contributed by atoms with E-state index in [0.717, 1.165) is 29.2 Å². The van der Waals surface area contributed by atoms with Crippen LogP contribution in [-0.4, -0.2) is 16.9 Å². The summed E-state index contributed by atoms with van der Waals surface area (Å²) in [6.07, 6.45) is 2.13. The Morgan fingerprint density at radius 2 is 2.08 bits per heavy atom. The summed E-state index contributed by atoms with van der Waals surface area (Å²) in [5, 5.41) is 7.40. The molecule has 0 saturated heterocycles. The van der Waals surface area contributed by atoms with E-state index in [9.17, 15) is 4.79 Å². The summed E-state index contributed by atoms with van der Waals surface area (Å²) >= 11 is 13.7. The number of hydrogen-bond donors (Lipinski definition) is 1. The smallest absolute Gasteiger partial charge is 0.225 e. The number of amides is 1. The first-order valence-corrected chi connectivity index (χ1v) is 9.86. The van der Waals surface area contributed by atoms with Crippen LogP contribution in [0.4, 0.5) is 5.13 Å². The number of thiazole rings is 1. The molecule has 1 aromatic carbocycles. The van der Waals surface area contributed by atoms with Crippen LogP contribution in [0.3, 0.4) is 0 Å². The lowest BCUT2D eigenvalue weighted by atomic mass is 9.94. The molecule has 0 radical (unpaired) electrons. The second-order valence-electron chi connectivity index (χ2n) is 6.85. The van der Waals surface area contributed by atoms with Gasteiger partial charge in [0.2, 0.25) is 5.91 Å². The zero-order chi connectivity index (χ0) is 18.2. The Hall–Kier alpha value is -1.14. The number of carbonyl (C=O) groups is 1. The maximum absolute atomic E-state index is 11.9. The fourth-order valence-corrected chi connectivity index (χ4v) is 3.90. The van der Waals surface area contributed by atoms with Crippen LogP contribution in [0.5, 0.6) is 0 Å². The third-order valence-corrected chi connectivity index (χ3v) is 5.98. The van der Waals surface area contributed by atoms with Crippen molar-refractivity contribution >= 4 is 45.6 Å². The molecule has 0 unspecified atom stereocenters. The van der Waals surface area contributed by atoms with Gasteiger partial charge < -0.3 is 5.32 Å². The molecule has 1 N–H and O–H groups in total. The minimum absolute atomic E-state index is 0.0625. The fourth-order valence-electron chi connectivity index (χ4n) is 2.67. The summed E-state index contributed by atoms with van der Waals surface area (Å²) in [6.45, 7) is 6.39. The average molecular weight is 398 g/mol. The summed E-state index contributed by atoms with van der Waals surface area (Å²) in [4.78, 5) is 18.3. The molecule has 1 amide bonds. The van der Waals surface area contributed by atoms with Crippen molar-refractivity contribution in [1.29, 1.82) is 0 Å². The first-order chi connectivity index (χ1) is 11.8. The number of nitrogens with zero attached hydrogens (tertiary/aromatic N) is 2. The van der Waals surface area contributed by atoms with Crippen LogP contribution < -0.4 is 10.2 Å². The van der Waals surface area contributed by atoms with E-state index >= 15 is 0 Å². The highest BCUT2D eigenvalue weighted by atomic mass is 35.5. The van der Waals surface area contributed by atoms with Gasteiger partial charge in [0.25, 0.3) is 0 Å². The fraction of sp³-hybridized carbons (Fsp3) is 0.444. The number of halogens is 2. The van der Waals surface area contributed by atoms with Gasteiger partial charge in [0, 0.05) is 30.4 Å². The van der Waals surface area contributed by atoms with Crippen molar-refractivity contribution in [3.05, 3.63) is 44.9 Å². The molecule has 1 heterocycles. The van der Waals surface area contributed by atoms with Crippen molar-refractivity contribution < 1.29 is 4.79 Å². The number of nitrogens with one attached hydrogen (secondary N) is 1.